The van der Waals surface area contributed by atoms with Gasteiger partial charge in [-0.15, -0.1) is 0 Å². The summed E-state index contributed by atoms with van der Waals surface area (Å²) in [6, 6.07) is 4.76. The molecule has 0 fully saturated rings. The number of aliphatic carboxylic acids is 1. The SMILES string of the molecule is C[C@@H]1Oc2ccc(Cl)cc2N(CC(=O)O)C1=O. The molecule has 17 heavy (non-hydrogen) atoms. The molecule has 0 spiro atoms. The third-order valence-corrected chi connectivity index (χ3v) is 2.66. The number of ether oxygens (including phenoxy) is 1. The Bertz CT molecular complexity index is 488. The highest BCUT2D eigenvalue weighted by Crippen LogP contribution is 2.35. The van der Waals surface area contributed by atoms with Crippen LogP contribution in [0.3, 0.4) is 0 Å². The monoisotopic (exact) mass is 255 g/mol. The lowest BCUT2D eigenvalue weighted by molar-refractivity contribution is -0.137. The Morgan fingerprint density at radius 1 is 1.59 bits per heavy atom. The molecule has 2 rings (SSSR count). The summed E-state index contributed by atoms with van der Waals surface area (Å²) in [7, 11) is 0. The number of halogens is 1. The van der Waals surface area contributed by atoms with E-state index in [1.807, 2.05) is 0 Å². The molecule has 1 aromatic carbocycles. The van der Waals surface area contributed by atoms with Crippen LogP contribution in [0.1, 0.15) is 6.92 Å². The number of hydrogen-bond acceptors (Lipinski definition) is 3. The zero-order valence-electron chi connectivity index (χ0n) is 9.01. The third kappa shape index (κ3) is 2.19. The molecule has 0 aromatic heterocycles. The molecule has 0 radical (unpaired) electrons. The molecule has 0 saturated heterocycles. The van der Waals surface area contributed by atoms with Crippen LogP contribution < -0.4 is 9.64 Å². The average Bonchev–Trinajstić information content (AvgIpc) is 2.25. The number of nitrogens with zero attached hydrogens (tertiary/aromatic N) is 1. The first-order valence-electron chi connectivity index (χ1n) is 4.98. The van der Waals surface area contributed by atoms with Gasteiger partial charge in [0.1, 0.15) is 12.3 Å². The van der Waals surface area contributed by atoms with E-state index in [1.54, 1.807) is 19.1 Å². The van der Waals surface area contributed by atoms with Gasteiger partial charge >= 0.3 is 5.97 Å². The van der Waals surface area contributed by atoms with E-state index in [4.69, 9.17) is 21.4 Å². The summed E-state index contributed by atoms with van der Waals surface area (Å²) < 4.78 is 5.37. The highest BCUT2D eigenvalue weighted by molar-refractivity contribution is 6.31. The second-order valence-corrected chi connectivity index (χ2v) is 4.13. The first-order valence-corrected chi connectivity index (χ1v) is 5.36. The van der Waals surface area contributed by atoms with Crippen LogP contribution in [0.15, 0.2) is 18.2 Å². The van der Waals surface area contributed by atoms with Gasteiger partial charge in [-0.2, -0.15) is 0 Å². The van der Waals surface area contributed by atoms with Crippen molar-refractivity contribution in [3.63, 3.8) is 0 Å². The second-order valence-electron chi connectivity index (χ2n) is 3.69. The fourth-order valence-corrected chi connectivity index (χ4v) is 1.84. The molecule has 0 aliphatic carbocycles. The summed E-state index contributed by atoms with van der Waals surface area (Å²) in [4.78, 5) is 23.7. The lowest BCUT2D eigenvalue weighted by Crippen LogP contribution is -2.46. The van der Waals surface area contributed by atoms with Crippen molar-refractivity contribution in [2.75, 3.05) is 11.4 Å². The minimum Gasteiger partial charge on any atom is -0.480 e. The summed E-state index contributed by atoms with van der Waals surface area (Å²) in [5.74, 6) is -1.01. The van der Waals surface area contributed by atoms with Crippen molar-refractivity contribution in [1.29, 1.82) is 0 Å². The predicted molar refractivity (Wildman–Crippen MR) is 61.5 cm³/mol. The van der Waals surface area contributed by atoms with Crippen LogP contribution in [0.4, 0.5) is 5.69 Å². The molecule has 1 amide bonds. The van der Waals surface area contributed by atoms with Crippen LogP contribution >= 0.6 is 11.6 Å². The Kier molecular flexibility index (Phi) is 2.93. The van der Waals surface area contributed by atoms with E-state index >= 15 is 0 Å². The topological polar surface area (TPSA) is 66.8 Å². The minimum absolute atomic E-state index is 0.387. The van der Waals surface area contributed by atoms with Crippen molar-refractivity contribution in [3.8, 4) is 5.75 Å². The summed E-state index contributed by atoms with van der Waals surface area (Å²) >= 11 is 5.82. The number of carboxylic acid groups (broad SMARTS) is 1. The first-order chi connectivity index (χ1) is 7.99. The van der Waals surface area contributed by atoms with Crippen LogP contribution in [-0.4, -0.2) is 29.6 Å². The number of rotatable bonds is 2. The lowest BCUT2D eigenvalue weighted by Gasteiger charge is -2.31. The largest absolute Gasteiger partial charge is 0.480 e. The van der Waals surface area contributed by atoms with Crippen LogP contribution in [0, 0.1) is 0 Å². The molecule has 0 unspecified atom stereocenters. The van der Waals surface area contributed by atoms with Crippen molar-refractivity contribution in [1.82, 2.24) is 0 Å². The van der Waals surface area contributed by atoms with Gasteiger partial charge in [-0.3, -0.25) is 14.5 Å². The summed E-state index contributed by atoms with van der Waals surface area (Å²) in [5.41, 5.74) is 0.392. The minimum atomic E-state index is -1.08. The molecular weight excluding hydrogens is 246 g/mol. The Labute approximate surface area is 103 Å². The molecule has 0 saturated carbocycles. The van der Waals surface area contributed by atoms with E-state index in [1.165, 1.54) is 6.07 Å². The smallest absolute Gasteiger partial charge is 0.323 e. The number of carbonyl (C=O) groups excluding carboxylic acids is 1. The number of benzene rings is 1. The van der Waals surface area contributed by atoms with Gasteiger partial charge in [0.2, 0.25) is 0 Å². The number of amides is 1. The standard InChI is InChI=1S/C11H10ClNO4/c1-6-11(16)13(5-10(14)15)8-4-7(12)2-3-9(8)17-6/h2-4,6H,5H2,1H3,(H,14,15)/t6-/m0/s1. The predicted octanol–water partition coefficient (Wildman–Crippen LogP) is 1.54. The molecule has 1 atom stereocenters. The lowest BCUT2D eigenvalue weighted by atomic mass is 10.2. The van der Waals surface area contributed by atoms with Gasteiger partial charge in [0.05, 0.1) is 5.69 Å². The number of fused-ring (bicyclic) bond motifs is 1. The molecule has 1 N–H and O–H groups in total. The van der Waals surface area contributed by atoms with E-state index in [0.29, 0.717) is 16.5 Å². The van der Waals surface area contributed by atoms with Crippen molar-refractivity contribution >= 4 is 29.2 Å². The van der Waals surface area contributed by atoms with Crippen molar-refractivity contribution in [2.45, 2.75) is 13.0 Å². The van der Waals surface area contributed by atoms with Gasteiger partial charge in [0, 0.05) is 5.02 Å². The van der Waals surface area contributed by atoms with E-state index in [2.05, 4.69) is 0 Å². The fraction of sp³-hybridized carbons (Fsp3) is 0.273. The number of carboxylic acids is 1. The van der Waals surface area contributed by atoms with E-state index in [0.717, 1.165) is 4.90 Å². The second kappa shape index (κ2) is 4.25. The quantitative estimate of drug-likeness (QED) is 0.870. The summed E-state index contributed by atoms with van der Waals surface area (Å²) in [6.45, 7) is 1.18. The maximum absolute atomic E-state index is 11.8. The molecule has 1 aromatic rings. The molecule has 5 nitrogen and oxygen atoms in total. The molecule has 1 heterocycles. The highest BCUT2D eigenvalue weighted by Gasteiger charge is 2.32. The Morgan fingerprint density at radius 2 is 2.29 bits per heavy atom. The van der Waals surface area contributed by atoms with Gasteiger partial charge in [0.25, 0.3) is 5.91 Å². The van der Waals surface area contributed by atoms with Gasteiger partial charge in [-0.05, 0) is 25.1 Å². The Hall–Kier alpha value is -1.75. The maximum Gasteiger partial charge on any atom is 0.323 e. The molecule has 1 aliphatic rings. The highest BCUT2D eigenvalue weighted by atomic mass is 35.5. The third-order valence-electron chi connectivity index (χ3n) is 2.42. The Balaban J connectivity index is 2.46. The average molecular weight is 256 g/mol. The zero-order chi connectivity index (χ0) is 12.6. The van der Waals surface area contributed by atoms with Crippen LogP contribution in [0.5, 0.6) is 5.75 Å². The maximum atomic E-state index is 11.8. The fourth-order valence-electron chi connectivity index (χ4n) is 1.68. The van der Waals surface area contributed by atoms with Crippen LogP contribution in [0.2, 0.25) is 5.02 Å². The van der Waals surface area contributed by atoms with Gasteiger partial charge in [-0.25, -0.2) is 0 Å². The van der Waals surface area contributed by atoms with Crippen LogP contribution in [-0.2, 0) is 9.59 Å². The molecule has 6 heteroatoms. The van der Waals surface area contributed by atoms with Crippen molar-refractivity contribution in [3.05, 3.63) is 23.2 Å². The van der Waals surface area contributed by atoms with E-state index < -0.39 is 18.6 Å². The van der Waals surface area contributed by atoms with Crippen molar-refractivity contribution in [2.24, 2.45) is 0 Å². The van der Waals surface area contributed by atoms with Gasteiger partial charge in [0.15, 0.2) is 6.10 Å². The molecule has 1 aliphatic heterocycles. The van der Waals surface area contributed by atoms with Gasteiger partial charge < -0.3 is 9.84 Å². The van der Waals surface area contributed by atoms with Crippen LogP contribution in [0.25, 0.3) is 0 Å². The first kappa shape index (κ1) is 11.7. The number of carbonyl (C=O) groups is 2. The van der Waals surface area contributed by atoms with E-state index in [-0.39, 0.29) is 5.91 Å². The summed E-state index contributed by atoms with van der Waals surface area (Å²) in [5, 5.41) is 9.22. The Morgan fingerprint density at radius 3 is 2.94 bits per heavy atom. The zero-order valence-corrected chi connectivity index (χ0v) is 9.77. The number of hydrogen-bond donors (Lipinski definition) is 1. The van der Waals surface area contributed by atoms with Crippen molar-refractivity contribution < 1.29 is 19.4 Å². The number of anilines is 1. The van der Waals surface area contributed by atoms with Gasteiger partial charge in [-0.1, -0.05) is 11.6 Å². The summed E-state index contributed by atoms with van der Waals surface area (Å²) in [6.07, 6.45) is -0.692. The molecule has 90 valence electrons. The molecular formula is C11H10ClNO4. The van der Waals surface area contributed by atoms with E-state index in [9.17, 15) is 9.59 Å². The normalized spacial score (nSPS) is 18.6. The molecule has 0 bridgehead atoms.